The van der Waals surface area contributed by atoms with E-state index in [1.54, 1.807) is 33.8 Å². The van der Waals surface area contributed by atoms with E-state index in [9.17, 15) is 14.0 Å². The van der Waals surface area contributed by atoms with E-state index in [0.717, 1.165) is 11.3 Å². The van der Waals surface area contributed by atoms with Crippen LogP contribution in [0.4, 0.5) is 15.1 Å². The maximum absolute atomic E-state index is 13.3. The number of halogens is 1. The van der Waals surface area contributed by atoms with Gasteiger partial charge in [0.1, 0.15) is 15.7 Å². The number of benzene rings is 1. The van der Waals surface area contributed by atoms with Crippen molar-refractivity contribution in [3.8, 4) is 0 Å². The first kappa shape index (κ1) is 21.8. The Hall–Kier alpha value is -2.52. The Bertz CT molecular complexity index is 912. The van der Waals surface area contributed by atoms with Gasteiger partial charge in [0.2, 0.25) is 0 Å². The van der Waals surface area contributed by atoms with E-state index in [2.05, 4.69) is 10.6 Å². The molecule has 1 aromatic carbocycles. The van der Waals surface area contributed by atoms with Crippen molar-refractivity contribution < 1.29 is 23.5 Å². The Morgan fingerprint density at radius 3 is 2.36 bits per heavy atom. The van der Waals surface area contributed by atoms with E-state index < -0.39 is 11.9 Å². The Morgan fingerprint density at radius 1 is 1.11 bits per heavy atom. The van der Waals surface area contributed by atoms with Gasteiger partial charge in [-0.1, -0.05) is 0 Å². The zero-order chi connectivity index (χ0) is 20.8. The number of carbonyl (C=O) groups is 2. The molecule has 0 aliphatic heterocycles. The zero-order valence-electron chi connectivity index (χ0n) is 16.0. The van der Waals surface area contributed by atoms with Gasteiger partial charge >= 0.3 is 11.9 Å². The number of ether oxygens (including phenoxy) is 2. The molecule has 0 aliphatic carbocycles. The van der Waals surface area contributed by atoms with Gasteiger partial charge in [-0.15, -0.1) is 11.3 Å². The summed E-state index contributed by atoms with van der Waals surface area (Å²) in [5.74, 6) is -1.42. The number of anilines is 2. The fourth-order valence-electron chi connectivity index (χ4n) is 2.47. The lowest BCUT2D eigenvalue weighted by Crippen LogP contribution is -2.20. The third kappa shape index (κ3) is 5.05. The molecule has 6 nitrogen and oxygen atoms in total. The number of hydrogen-bond acceptors (Lipinski definition) is 6. The molecule has 0 saturated carbocycles. The smallest absolute Gasteiger partial charge is 0.348 e. The van der Waals surface area contributed by atoms with Crippen LogP contribution in [0, 0.1) is 19.7 Å². The minimum Gasteiger partial charge on any atom is -0.462 e. The minimum atomic E-state index is -0.560. The second kappa shape index (κ2) is 9.61. The van der Waals surface area contributed by atoms with Crippen molar-refractivity contribution in [2.24, 2.45) is 0 Å². The molecule has 0 aliphatic rings. The first-order valence-electron chi connectivity index (χ1n) is 8.60. The fraction of sp³-hybridized carbons (Fsp3) is 0.316. The molecule has 9 heteroatoms. The molecular weight excluding hydrogens is 403 g/mol. The quantitative estimate of drug-likeness (QED) is 0.516. The first-order chi connectivity index (χ1) is 13.3. The van der Waals surface area contributed by atoms with E-state index in [0.29, 0.717) is 26.7 Å². The molecule has 0 spiro atoms. The van der Waals surface area contributed by atoms with Crippen molar-refractivity contribution in [1.82, 2.24) is 0 Å². The van der Waals surface area contributed by atoms with Crippen molar-refractivity contribution in [2.45, 2.75) is 27.7 Å². The topological polar surface area (TPSA) is 76.7 Å². The van der Waals surface area contributed by atoms with Crippen LogP contribution in [0.15, 0.2) is 18.2 Å². The Balaban J connectivity index is 2.31. The second-order valence-electron chi connectivity index (χ2n) is 5.74. The highest BCUT2D eigenvalue weighted by atomic mass is 32.1. The summed E-state index contributed by atoms with van der Waals surface area (Å²) in [6.07, 6.45) is 0. The lowest BCUT2D eigenvalue weighted by Gasteiger charge is -2.12. The SMILES string of the molecule is CCOC(=O)c1sc(NC(=S)Nc2ccc(F)cc2C)c(C(=O)OCC)c1C. The van der Waals surface area contributed by atoms with Gasteiger partial charge in [-0.2, -0.15) is 0 Å². The molecule has 28 heavy (non-hydrogen) atoms. The van der Waals surface area contributed by atoms with Crippen LogP contribution in [-0.2, 0) is 9.47 Å². The molecule has 150 valence electrons. The lowest BCUT2D eigenvalue weighted by molar-refractivity contribution is 0.0527. The summed E-state index contributed by atoms with van der Waals surface area (Å²) < 4.78 is 23.4. The summed E-state index contributed by atoms with van der Waals surface area (Å²) in [6.45, 7) is 7.21. The van der Waals surface area contributed by atoms with Crippen molar-refractivity contribution in [3.05, 3.63) is 45.6 Å². The first-order valence-corrected chi connectivity index (χ1v) is 9.82. The van der Waals surface area contributed by atoms with Crippen LogP contribution in [-0.4, -0.2) is 30.3 Å². The largest absolute Gasteiger partial charge is 0.462 e. The monoisotopic (exact) mass is 424 g/mol. The Labute approximate surface area is 172 Å². The van der Waals surface area contributed by atoms with Crippen molar-refractivity contribution in [1.29, 1.82) is 0 Å². The van der Waals surface area contributed by atoms with Crippen LogP contribution in [0.5, 0.6) is 0 Å². The van der Waals surface area contributed by atoms with Gasteiger partial charge in [-0.3, -0.25) is 0 Å². The number of thiophene rings is 1. The minimum absolute atomic E-state index is 0.192. The van der Waals surface area contributed by atoms with Gasteiger partial charge in [0.25, 0.3) is 0 Å². The number of thiocarbonyl (C=S) groups is 1. The van der Waals surface area contributed by atoms with Crippen LogP contribution in [0.25, 0.3) is 0 Å². The molecule has 0 radical (unpaired) electrons. The van der Waals surface area contributed by atoms with Gasteiger partial charge in [0.05, 0.1) is 18.8 Å². The summed E-state index contributed by atoms with van der Waals surface area (Å²) in [6, 6.07) is 4.26. The van der Waals surface area contributed by atoms with Crippen molar-refractivity contribution in [2.75, 3.05) is 23.8 Å². The van der Waals surface area contributed by atoms with Gasteiger partial charge in [0.15, 0.2) is 5.11 Å². The number of hydrogen-bond donors (Lipinski definition) is 2. The average molecular weight is 425 g/mol. The Kier molecular flexibility index (Phi) is 7.47. The fourth-order valence-corrected chi connectivity index (χ4v) is 3.84. The number of rotatable bonds is 6. The molecule has 0 atom stereocenters. The third-order valence-electron chi connectivity index (χ3n) is 3.75. The molecule has 2 rings (SSSR count). The van der Waals surface area contributed by atoms with E-state index in [4.69, 9.17) is 21.7 Å². The predicted octanol–water partition coefficient (Wildman–Crippen LogP) is 4.67. The van der Waals surface area contributed by atoms with E-state index in [1.807, 2.05) is 0 Å². The number of carbonyl (C=O) groups excluding carboxylic acids is 2. The Morgan fingerprint density at radius 2 is 1.75 bits per heavy atom. The van der Waals surface area contributed by atoms with E-state index in [1.165, 1.54) is 12.1 Å². The van der Waals surface area contributed by atoms with Gasteiger partial charge in [-0.25, -0.2) is 14.0 Å². The average Bonchev–Trinajstić information content (AvgIpc) is 2.94. The third-order valence-corrected chi connectivity index (χ3v) is 5.14. The lowest BCUT2D eigenvalue weighted by atomic mass is 10.1. The van der Waals surface area contributed by atoms with Crippen molar-refractivity contribution in [3.63, 3.8) is 0 Å². The van der Waals surface area contributed by atoms with E-state index >= 15 is 0 Å². The summed E-state index contributed by atoms with van der Waals surface area (Å²) in [5.41, 5.74) is 1.99. The normalized spacial score (nSPS) is 10.3. The maximum Gasteiger partial charge on any atom is 0.348 e. The number of aryl methyl sites for hydroxylation is 1. The second-order valence-corrected chi connectivity index (χ2v) is 7.17. The molecule has 0 saturated heterocycles. The summed E-state index contributed by atoms with van der Waals surface area (Å²) in [4.78, 5) is 24.9. The molecule has 0 bridgehead atoms. The highest BCUT2D eigenvalue weighted by Gasteiger charge is 2.26. The zero-order valence-corrected chi connectivity index (χ0v) is 17.6. The van der Waals surface area contributed by atoms with Crippen LogP contribution >= 0.6 is 23.6 Å². The van der Waals surface area contributed by atoms with Crippen LogP contribution in [0.3, 0.4) is 0 Å². The van der Waals surface area contributed by atoms with Crippen LogP contribution in [0.1, 0.15) is 45.0 Å². The predicted molar refractivity (Wildman–Crippen MR) is 112 cm³/mol. The molecule has 0 unspecified atom stereocenters. The molecule has 1 aromatic heterocycles. The summed E-state index contributed by atoms with van der Waals surface area (Å²) in [7, 11) is 0. The summed E-state index contributed by atoms with van der Waals surface area (Å²) >= 11 is 6.37. The van der Waals surface area contributed by atoms with E-state index in [-0.39, 0.29) is 29.7 Å². The molecular formula is C19H21FN2O4S2. The number of nitrogens with one attached hydrogen (secondary N) is 2. The highest BCUT2D eigenvalue weighted by molar-refractivity contribution is 7.80. The van der Waals surface area contributed by atoms with Gasteiger partial charge in [0, 0.05) is 5.69 Å². The van der Waals surface area contributed by atoms with Gasteiger partial charge in [-0.05, 0) is 69.2 Å². The highest BCUT2D eigenvalue weighted by Crippen LogP contribution is 2.34. The maximum atomic E-state index is 13.3. The standard InChI is InChI=1S/C19H21FN2O4S2/c1-5-25-17(23)14-11(4)15(18(24)26-6-2)28-16(14)22-19(27)21-13-8-7-12(20)9-10(13)3/h7-9H,5-6H2,1-4H3,(H2,21,22,27). The van der Waals surface area contributed by atoms with Gasteiger partial charge < -0.3 is 20.1 Å². The summed E-state index contributed by atoms with van der Waals surface area (Å²) in [5, 5.41) is 6.46. The molecule has 1 heterocycles. The van der Waals surface area contributed by atoms with Crippen molar-refractivity contribution >= 4 is 51.3 Å². The molecule has 2 aromatic rings. The molecule has 0 fully saturated rings. The molecule has 0 amide bonds. The van der Waals surface area contributed by atoms with Crippen LogP contribution in [0.2, 0.25) is 0 Å². The molecule has 2 N–H and O–H groups in total. The number of esters is 2. The van der Waals surface area contributed by atoms with Crippen LogP contribution < -0.4 is 10.6 Å².